The van der Waals surface area contributed by atoms with Gasteiger partial charge in [-0.3, -0.25) is 19.1 Å². The van der Waals surface area contributed by atoms with Gasteiger partial charge >= 0.3 is 5.69 Å². The van der Waals surface area contributed by atoms with Crippen molar-refractivity contribution >= 4 is 5.91 Å². The molecule has 8 heteroatoms. The Morgan fingerprint density at radius 1 is 1.11 bits per heavy atom. The number of carbonyl (C=O) groups is 1. The standard InChI is InChI=1S/C19H18N4O4/c24-16-7-9-23(19(26)22-16)12-17(25)21-11-15-6-8-20-18(10-15)27-13-14-4-2-1-3-5-14/h1-10H,11-13H2,(H,21,25)(H,22,24,26). The number of rotatable bonds is 7. The Bertz CT molecular complexity index is 1030. The lowest BCUT2D eigenvalue weighted by Crippen LogP contribution is -2.35. The van der Waals surface area contributed by atoms with Gasteiger partial charge in [-0.15, -0.1) is 0 Å². The van der Waals surface area contributed by atoms with E-state index in [9.17, 15) is 14.4 Å². The van der Waals surface area contributed by atoms with Crippen molar-refractivity contribution < 1.29 is 9.53 Å². The molecule has 0 aliphatic rings. The van der Waals surface area contributed by atoms with Crippen molar-refractivity contribution in [3.63, 3.8) is 0 Å². The lowest BCUT2D eigenvalue weighted by molar-refractivity contribution is -0.121. The van der Waals surface area contributed by atoms with Crippen LogP contribution in [-0.2, 0) is 24.5 Å². The van der Waals surface area contributed by atoms with Gasteiger partial charge in [0.25, 0.3) is 5.56 Å². The van der Waals surface area contributed by atoms with Crippen molar-refractivity contribution in [3.8, 4) is 5.88 Å². The molecule has 0 bridgehead atoms. The number of nitrogens with one attached hydrogen (secondary N) is 2. The van der Waals surface area contributed by atoms with Crippen molar-refractivity contribution in [1.82, 2.24) is 19.9 Å². The number of pyridine rings is 1. The maximum Gasteiger partial charge on any atom is 0.328 e. The molecule has 0 aliphatic heterocycles. The molecule has 0 spiro atoms. The number of nitrogens with zero attached hydrogens (tertiary/aromatic N) is 2. The molecular weight excluding hydrogens is 348 g/mol. The molecule has 0 saturated heterocycles. The first-order chi connectivity index (χ1) is 13.1. The van der Waals surface area contributed by atoms with E-state index in [1.54, 1.807) is 18.3 Å². The summed E-state index contributed by atoms with van der Waals surface area (Å²) < 4.78 is 6.78. The van der Waals surface area contributed by atoms with Gasteiger partial charge in [-0.2, -0.15) is 0 Å². The third-order valence-corrected chi connectivity index (χ3v) is 3.73. The van der Waals surface area contributed by atoms with Crippen LogP contribution in [0.3, 0.4) is 0 Å². The first-order valence-electron chi connectivity index (χ1n) is 8.28. The molecule has 0 unspecified atom stereocenters. The Balaban J connectivity index is 1.54. The van der Waals surface area contributed by atoms with Gasteiger partial charge in [-0.25, -0.2) is 9.78 Å². The molecule has 8 nitrogen and oxygen atoms in total. The van der Waals surface area contributed by atoms with E-state index >= 15 is 0 Å². The van der Waals surface area contributed by atoms with Gasteiger partial charge in [-0.05, 0) is 17.2 Å². The molecular formula is C19H18N4O4. The molecule has 0 atom stereocenters. The van der Waals surface area contributed by atoms with Gasteiger partial charge in [0, 0.05) is 31.1 Å². The SMILES string of the molecule is O=C(Cn1ccc(=O)[nH]c1=O)NCc1ccnc(OCc2ccccc2)c1. The highest BCUT2D eigenvalue weighted by Crippen LogP contribution is 2.11. The third-order valence-electron chi connectivity index (χ3n) is 3.73. The summed E-state index contributed by atoms with van der Waals surface area (Å²) in [5.74, 6) is 0.107. The number of hydrogen-bond donors (Lipinski definition) is 2. The van der Waals surface area contributed by atoms with E-state index in [2.05, 4.69) is 15.3 Å². The Morgan fingerprint density at radius 3 is 2.70 bits per heavy atom. The number of H-pyrrole nitrogens is 1. The highest BCUT2D eigenvalue weighted by molar-refractivity contribution is 5.75. The average Bonchev–Trinajstić information content (AvgIpc) is 2.68. The minimum Gasteiger partial charge on any atom is -0.473 e. The molecule has 3 aromatic rings. The lowest BCUT2D eigenvalue weighted by atomic mass is 10.2. The molecule has 138 valence electrons. The molecule has 0 aliphatic carbocycles. The zero-order valence-corrected chi connectivity index (χ0v) is 14.4. The van der Waals surface area contributed by atoms with Crippen LogP contribution in [-0.4, -0.2) is 20.4 Å². The minimum absolute atomic E-state index is 0.182. The number of ether oxygens (including phenoxy) is 1. The number of aromatic amines is 1. The maximum atomic E-state index is 12.0. The number of benzene rings is 1. The normalized spacial score (nSPS) is 10.4. The van der Waals surface area contributed by atoms with Crippen LogP contribution in [0.1, 0.15) is 11.1 Å². The molecule has 0 saturated carbocycles. The second-order valence-electron chi connectivity index (χ2n) is 5.79. The van der Waals surface area contributed by atoms with Crippen LogP contribution < -0.4 is 21.3 Å². The van der Waals surface area contributed by atoms with Crippen molar-refractivity contribution in [2.75, 3.05) is 0 Å². The van der Waals surface area contributed by atoms with Crippen LogP contribution >= 0.6 is 0 Å². The van der Waals surface area contributed by atoms with Crippen molar-refractivity contribution in [2.45, 2.75) is 19.7 Å². The fourth-order valence-corrected chi connectivity index (χ4v) is 2.35. The van der Waals surface area contributed by atoms with Crippen LogP contribution in [0.4, 0.5) is 0 Å². The first kappa shape index (κ1) is 18.1. The van der Waals surface area contributed by atoms with E-state index < -0.39 is 11.2 Å². The molecule has 0 fully saturated rings. The van der Waals surface area contributed by atoms with Crippen LogP contribution in [0.15, 0.2) is 70.5 Å². The number of hydrogen-bond acceptors (Lipinski definition) is 5. The molecule has 1 amide bonds. The van der Waals surface area contributed by atoms with Gasteiger partial charge in [0.05, 0.1) is 0 Å². The average molecular weight is 366 g/mol. The lowest BCUT2D eigenvalue weighted by Gasteiger charge is -2.09. The van der Waals surface area contributed by atoms with Gasteiger partial charge < -0.3 is 10.1 Å². The highest BCUT2D eigenvalue weighted by Gasteiger charge is 2.06. The van der Waals surface area contributed by atoms with Crippen molar-refractivity contribution in [2.24, 2.45) is 0 Å². The summed E-state index contributed by atoms with van der Waals surface area (Å²) in [4.78, 5) is 40.9. The van der Waals surface area contributed by atoms with E-state index in [4.69, 9.17) is 4.74 Å². The summed E-state index contributed by atoms with van der Waals surface area (Å²) in [7, 11) is 0. The van der Waals surface area contributed by atoms with Gasteiger partial charge in [0.1, 0.15) is 13.2 Å². The predicted octanol–water partition coefficient (Wildman–Crippen LogP) is 0.827. The van der Waals surface area contributed by atoms with E-state index in [-0.39, 0.29) is 19.0 Å². The van der Waals surface area contributed by atoms with Gasteiger partial charge in [0.15, 0.2) is 0 Å². The summed E-state index contributed by atoms with van der Waals surface area (Å²) in [6.07, 6.45) is 2.89. The van der Waals surface area contributed by atoms with Crippen LogP contribution in [0.25, 0.3) is 0 Å². The van der Waals surface area contributed by atoms with E-state index in [0.717, 1.165) is 15.7 Å². The fraction of sp³-hybridized carbons (Fsp3) is 0.158. The minimum atomic E-state index is -0.627. The fourth-order valence-electron chi connectivity index (χ4n) is 2.35. The molecule has 3 rings (SSSR count). The monoisotopic (exact) mass is 366 g/mol. The maximum absolute atomic E-state index is 12.0. The summed E-state index contributed by atoms with van der Waals surface area (Å²) in [5.41, 5.74) is 0.717. The predicted molar refractivity (Wildman–Crippen MR) is 98.2 cm³/mol. The molecule has 27 heavy (non-hydrogen) atoms. The number of aromatic nitrogens is 3. The summed E-state index contributed by atoms with van der Waals surface area (Å²) >= 11 is 0. The third kappa shape index (κ3) is 5.40. The van der Waals surface area contributed by atoms with Crippen molar-refractivity contribution in [3.05, 3.63) is 92.9 Å². The van der Waals surface area contributed by atoms with Crippen LogP contribution in [0.5, 0.6) is 5.88 Å². The second-order valence-corrected chi connectivity index (χ2v) is 5.79. The Hall–Kier alpha value is -3.68. The van der Waals surface area contributed by atoms with E-state index in [1.807, 2.05) is 30.3 Å². The molecule has 0 radical (unpaired) electrons. The Morgan fingerprint density at radius 2 is 1.93 bits per heavy atom. The van der Waals surface area contributed by atoms with Gasteiger partial charge in [-0.1, -0.05) is 30.3 Å². The quantitative estimate of drug-likeness (QED) is 0.644. The van der Waals surface area contributed by atoms with Crippen LogP contribution in [0.2, 0.25) is 0 Å². The summed E-state index contributed by atoms with van der Waals surface area (Å²) in [5, 5.41) is 2.72. The highest BCUT2D eigenvalue weighted by atomic mass is 16.5. The van der Waals surface area contributed by atoms with Crippen molar-refractivity contribution in [1.29, 1.82) is 0 Å². The summed E-state index contributed by atoms with van der Waals surface area (Å²) in [6.45, 7) is 0.484. The van der Waals surface area contributed by atoms with E-state index in [0.29, 0.717) is 12.5 Å². The zero-order chi connectivity index (χ0) is 19.1. The van der Waals surface area contributed by atoms with Gasteiger partial charge in [0.2, 0.25) is 11.8 Å². The zero-order valence-electron chi connectivity index (χ0n) is 14.4. The Kier molecular flexibility index (Phi) is 5.78. The second kappa shape index (κ2) is 8.61. The number of carbonyl (C=O) groups excluding carboxylic acids is 1. The molecule has 1 aromatic carbocycles. The molecule has 2 aromatic heterocycles. The molecule has 2 N–H and O–H groups in total. The molecule has 2 heterocycles. The first-order valence-corrected chi connectivity index (χ1v) is 8.28. The summed E-state index contributed by atoms with van der Waals surface area (Å²) in [6, 6.07) is 14.4. The largest absolute Gasteiger partial charge is 0.473 e. The smallest absolute Gasteiger partial charge is 0.328 e. The van der Waals surface area contributed by atoms with Crippen LogP contribution in [0, 0.1) is 0 Å². The van der Waals surface area contributed by atoms with E-state index in [1.165, 1.54) is 12.3 Å². The number of amides is 1. The topological polar surface area (TPSA) is 106 Å². The Labute approximate surface area is 154 Å².